The number of carbonyl (C=O) groups excluding carboxylic acids is 2. The van der Waals surface area contributed by atoms with Crippen LogP contribution in [0.25, 0.3) is 0 Å². The highest BCUT2D eigenvalue weighted by molar-refractivity contribution is 5.80. The predicted molar refractivity (Wildman–Crippen MR) is 69.3 cm³/mol. The lowest BCUT2D eigenvalue weighted by molar-refractivity contribution is -0.145. The van der Waals surface area contributed by atoms with Crippen LogP contribution in [0.15, 0.2) is 0 Å². The number of hydrogen-bond donors (Lipinski definition) is 1. The van der Waals surface area contributed by atoms with E-state index in [0.717, 1.165) is 19.3 Å². The Hall–Kier alpha value is -1.26. The fraction of sp³-hybridized carbons (Fsp3) is 0.846. The third-order valence-corrected chi connectivity index (χ3v) is 2.08. The first-order chi connectivity index (χ1) is 8.26. The highest BCUT2D eigenvalue weighted by Crippen LogP contribution is 2.07. The Morgan fingerprint density at radius 3 is 2.33 bits per heavy atom. The molecule has 106 valence electrons. The van der Waals surface area contributed by atoms with Gasteiger partial charge in [-0.25, -0.2) is 9.59 Å². The summed E-state index contributed by atoms with van der Waals surface area (Å²) in [6.45, 7) is 9.34. The number of rotatable bonds is 6. The van der Waals surface area contributed by atoms with Crippen LogP contribution in [-0.4, -0.2) is 30.3 Å². The average molecular weight is 259 g/mol. The van der Waals surface area contributed by atoms with E-state index in [2.05, 4.69) is 12.2 Å². The average Bonchev–Trinajstić information content (AvgIpc) is 2.21. The first-order valence-electron chi connectivity index (χ1n) is 6.42. The number of hydrogen-bond acceptors (Lipinski definition) is 4. The molecule has 1 unspecified atom stereocenters. The van der Waals surface area contributed by atoms with E-state index in [9.17, 15) is 9.59 Å². The highest BCUT2D eigenvalue weighted by Gasteiger charge is 2.21. The van der Waals surface area contributed by atoms with Crippen molar-refractivity contribution in [1.82, 2.24) is 5.32 Å². The molecule has 0 aromatic rings. The monoisotopic (exact) mass is 259 g/mol. The third kappa shape index (κ3) is 8.84. The van der Waals surface area contributed by atoms with Gasteiger partial charge >= 0.3 is 12.1 Å². The van der Waals surface area contributed by atoms with Gasteiger partial charge in [0.05, 0.1) is 6.61 Å². The number of carbonyl (C=O) groups is 2. The minimum Gasteiger partial charge on any atom is -0.464 e. The molecule has 0 radical (unpaired) electrons. The van der Waals surface area contributed by atoms with Gasteiger partial charge in [0.15, 0.2) is 0 Å². The van der Waals surface area contributed by atoms with Gasteiger partial charge in [-0.3, -0.25) is 0 Å². The lowest BCUT2D eigenvalue weighted by Crippen LogP contribution is -2.42. The Kier molecular flexibility index (Phi) is 7.39. The molecule has 1 amide bonds. The van der Waals surface area contributed by atoms with Crippen molar-refractivity contribution >= 4 is 12.1 Å². The number of ether oxygens (including phenoxy) is 2. The fourth-order valence-corrected chi connectivity index (χ4v) is 1.19. The summed E-state index contributed by atoms with van der Waals surface area (Å²) in [5, 5.41) is 2.44. The van der Waals surface area contributed by atoms with Crippen LogP contribution in [0.5, 0.6) is 0 Å². The molecule has 0 aromatic heterocycles. The van der Waals surface area contributed by atoms with Crippen molar-refractivity contribution in [2.45, 2.75) is 65.5 Å². The minimum atomic E-state index is -0.693. The van der Waals surface area contributed by atoms with E-state index in [0.29, 0.717) is 6.61 Å². The molecule has 0 rings (SSSR count). The molecular weight excluding hydrogens is 234 g/mol. The summed E-state index contributed by atoms with van der Waals surface area (Å²) in [6, 6.07) is -0.693. The quantitative estimate of drug-likeness (QED) is 0.588. The lowest BCUT2D eigenvalue weighted by atomic mass is 10.2. The van der Waals surface area contributed by atoms with Crippen molar-refractivity contribution in [2.24, 2.45) is 0 Å². The largest absolute Gasteiger partial charge is 0.464 e. The van der Waals surface area contributed by atoms with E-state index in [4.69, 9.17) is 9.47 Å². The van der Waals surface area contributed by atoms with Crippen LogP contribution in [0.1, 0.15) is 53.9 Å². The number of amides is 1. The summed E-state index contributed by atoms with van der Waals surface area (Å²) in [5.41, 5.74) is -0.575. The van der Waals surface area contributed by atoms with Gasteiger partial charge in [0, 0.05) is 0 Å². The molecule has 0 aliphatic heterocycles. The zero-order chi connectivity index (χ0) is 14.2. The van der Waals surface area contributed by atoms with Crippen molar-refractivity contribution in [2.75, 3.05) is 6.61 Å². The molecule has 5 nitrogen and oxygen atoms in total. The van der Waals surface area contributed by atoms with Crippen molar-refractivity contribution < 1.29 is 19.1 Å². The molecule has 0 aromatic carbocycles. The Labute approximate surface area is 109 Å². The second kappa shape index (κ2) is 7.95. The van der Waals surface area contributed by atoms with Crippen molar-refractivity contribution in [1.29, 1.82) is 0 Å². The molecule has 0 spiro atoms. The Balaban J connectivity index is 3.90. The van der Waals surface area contributed by atoms with Gasteiger partial charge in [-0.05, 0) is 34.1 Å². The predicted octanol–water partition coefficient (Wildman–Crippen LogP) is 2.63. The van der Waals surface area contributed by atoms with Gasteiger partial charge in [-0.1, -0.05) is 19.8 Å². The van der Waals surface area contributed by atoms with E-state index in [1.165, 1.54) is 0 Å². The number of unbranched alkanes of at least 4 members (excludes halogenated alkanes) is 2. The maximum Gasteiger partial charge on any atom is 0.408 e. The molecule has 1 N–H and O–H groups in total. The minimum absolute atomic E-state index is 0.396. The highest BCUT2D eigenvalue weighted by atomic mass is 16.6. The number of alkyl carbamates (subject to hydrolysis) is 1. The molecule has 0 fully saturated rings. The first-order valence-corrected chi connectivity index (χ1v) is 6.42. The Morgan fingerprint density at radius 1 is 1.22 bits per heavy atom. The van der Waals surface area contributed by atoms with Gasteiger partial charge < -0.3 is 14.8 Å². The van der Waals surface area contributed by atoms with E-state index in [-0.39, 0.29) is 0 Å². The Bertz CT molecular complexity index is 271. The van der Waals surface area contributed by atoms with Crippen molar-refractivity contribution in [3.8, 4) is 0 Å². The summed E-state index contributed by atoms with van der Waals surface area (Å²) < 4.78 is 10.1. The van der Waals surface area contributed by atoms with Gasteiger partial charge in [0.1, 0.15) is 11.6 Å². The molecule has 5 heteroatoms. The summed E-state index contributed by atoms with van der Waals surface area (Å²) in [7, 11) is 0. The third-order valence-electron chi connectivity index (χ3n) is 2.08. The molecule has 0 saturated heterocycles. The molecule has 0 saturated carbocycles. The van der Waals surface area contributed by atoms with Crippen LogP contribution < -0.4 is 5.32 Å². The van der Waals surface area contributed by atoms with Crippen LogP contribution in [0.2, 0.25) is 0 Å². The molecule has 0 aliphatic carbocycles. The van der Waals surface area contributed by atoms with Crippen LogP contribution in [0.3, 0.4) is 0 Å². The zero-order valence-corrected chi connectivity index (χ0v) is 12.0. The van der Waals surface area contributed by atoms with E-state index in [1.807, 2.05) is 0 Å². The summed E-state index contributed by atoms with van der Waals surface area (Å²) in [4.78, 5) is 22.9. The van der Waals surface area contributed by atoms with Gasteiger partial charge in [0.2, 0.25) is 0 Å². The van der Waals surface area contributed by atoms with Crippen LogP contribution in [-0.2, 0) is 14.3 Å². The van der Waals surface area contributed by atoms with Gasteiger partial charge in [-0.15, -0.1) is 0 Å². The van der Waals surface area contributed by atoms with Gasteiger partial charge in [0.25, 0.3) is 0 Å². The second-order valence-corrected chi connectivity index (χ2v) is 5.24. The molecule has 0 bridgehead atoms. The zero-order valence-electron chi connectivity index (χ0n) is 12.0. The van der Waals surface area contributed by atoms with Crippen molar-refractivity contribution in [3.05, 3.63) is 0 Å². The molecular formula is C13H25NO4. The summed E-state index contributed by atoms with van der Waals surface area (Å²) >= 11 is 0. The fourth-order valence-electron chi connectivity index (χ4n) is 1.19. The van der Waals surface area contributed by atoms with Crippen LogP contribution >= 0.6 is 0 Å². The van der Waals surface area contributed by atoms with Gasteiger partial charge in [-0.2, -0.15) is 0 Å². The van der Waals surface area contributed by atoms with Crippen LogP contribution in [0, 0.1) is 0 Å². The smallest absolute Gasteiger partial charge is 0.408 e. The Morgan fingerprint density at radius 2 is 1.83 bits per heavy atom. The van der Waals surface area contributed by atoms with Crippen molar-refractivity contribution in [3.63, 3.8) is 0 Å². The van der Waals surface area contributed by atoms with E-state index < -0.39 is 23.7 Å². The molecule has 1 atom stereocenters. The SMILES string of the molecule is CCCCCOC(=O)C(C)NC(=O)OC(C)(C)C. The topological polar surface area (TPSA) is 64.6 Å². The number of nitrogens with one attached hydrogen (secondary N) is 1. The normalized spacial score (nSPS) is 12.7. The molecule has 0 heterocycles. The summed E-state index contributed by atoms with van der Waals surface area (Å²) in [5.74, 6) is -0.433. The maximum absolute atomic E-state index is 11.5. The summed E-state index contributed by atoms with van der Waals surface area (Å²) in [6.07, 6.45) is 2.34. The second-order valence-electron chi connectivity index (χ2n) is 5.24. The van der Waals surface area contributed by atoms with Crippen LogP contribution in [0.4, 0.5) is 4.79 Å². The maximum atomic E-state index is 11.5. The first kappa shape index (κ1) is 16.7. The molecule has 18 heavy (non-hydrogen) atoms. The van der Waals surface area contributed by atoms with E-state index in [1.54, 1.807) is 27.7 Å². The van der Waals surface area contributed by atoms with E-state index >= 15 is 0 Å². The number of esters is 1. The lowest BCUT2D eigenvalue weighted by Gasteiger charge is -2.21. The molecule has 0 aliphatic rings. The standard InChI is InChI=1S/C13H25NO4/c1-6-7-8-9-17-11(15)10(2)14-12(16)18-13(3,4)5/h10H,6-9H2,1-5H3,(H,14,16).